The maximum atomic E-state index is 12.1. The van der Waals surface area contributed by atoms with Crippen molar-refractivity contribution in [3.63, 3.8) is 0 Å². The van der Waals surface area contributed by atoms with Crippen molar-refractivity contribution < 1.29 is 24.2 Å². The average Bonchev–Trinajstić information content (AvgIpc) is 3.02. The summed E-state index contributed by atoms with van der Waals surface area (Å²) in [6, 6.07) is -0.470. The van der Waals surface area contributed by atoms with Crippen molar-refractivity contribution in [2.75, 3.05) is 12.4 Å². The summed E-state index contributed by atoms with van der Waals surface area (Å²) in [5.74, 6) is -1.39. The molecule has 26 heavy (non-hydrogen) atoms. The van der Waals surface area contributed by atoms with Gasteiger partial charge in [-0.05, 0) is 19.8 Å². The number of ether oxygens (including phenoxy) is 2. The van der Waals surface area contributed by atoms with Crippen LogP contribution in [0.15, 0.2) is 11.6 Å². The summed E-state index contributed by atoms with van der Waals surface area (Å²) in [6.45, 7) is 4.44. The minimum atomic E-state index is -1.47. The van der Waals surface area contributed by atoms with E-state index in [4.69, 9.17) is 9.47 Å². The van der Waals surface area contributed by atoms with E-state index in [0.717, 1.165) is 30.2 Å². The highest BCUT2D eigenvalue weighted by atomic mass is 32.2. The number of esters is 1. The van der Waals surface area contributed by atoms with Crippen molar-refractivity contribution in [2.24, 2.45) is 0 Å². The highest BCUT2D eigenvalue weighted by molar-refractivity contribution is 8.14. The van der Waals surface area contributed by atoms with Gasteiger partial charge in [-0.3, -0.25) is 4.79 Å². The number of carbonyl (C=O) groups excluding carboxylic acids is 2. The van der Waals surface area contributed by atoms with E-state index in [1.807, 2.05) is 6.92 Å². The Kier molecular flexibility index (Phi) is 8.44. The molecule has 2 saturated heterocycles. The molecule has 2 aliphatic rings. The maximum Gasteiger partial charge on any atom is 0.330 e. The topological polar surface area (TPSA) is 84.9 Å². The molecule has 3 atom stereocenters. The monoisotopic (exact) mass is 385 g/mol. The Bertz CT molecular complexity index is 524. The highest BCUT2D eigenvalue weighted by Gasteiger charge is 2.46. The maximum absolute atomic E-state index is 12.1. The Hall–Kier alpha value is -1.05. The number of rotatable bonds is 9. The van der Waals surface area contributed by atoms with E-state index in [1.165, 1.54) is 25.7 Å². The fourth-order valence-corrected chi connectivity index (χ4v) is 4.19. The van der Waals surface area contributed by atoms with Gasteiger partial charge in [0.1, 0.15) is 6.10 Å². The molecule has 2 fully saturated rings. The third-order valence-corrected chi connectivity index (χ3v) is 5.73. The van der Waals surface area contributed by atoms with Gasteiger partial charge in [-0.1, -0.05) is 49.9 Å². The lowest BCUT2D eigenvalue weighted by molar-refractivity contribution is -0.256. The van der Waals surface area contributed by atoms with Crippen molar-refractivity contribution in [1.82, 2.24) is 5.32 Å². The number of unbranched alkanes of at least 4 members (excludes halogenated alkanes) is 4. The number of nitrogens with one attached hydrogen (secondary N) is 1. The summed E-state index contributed by atoms with van der Waals surface area (Å²) in [5.41, 5.74) is 1.02. The van der Waals surface area contributed by atoms with E-state index in [2.05, 4.69) is 12.2 Å². The van der Waals surface area contributed by atoms with Crippen LogP contribution in [0.4, 0.5) is 4.79 Å². The fraction of sp³-hybridized carbons (Fsp3) is 0.789. The molecule has 6 nitrogen and oxygen atoms in total. The van der Waals surface area contributed by atoms with Gasteiger partial charge in [-0.15, -0.1) is 0 Å². The molecule has 2 N–H and O–H groups in total. The predicted octanol–water partition coefficient (Wildman–Crippen LogP) is 3.53. The first-order valence-corrected chi connectivity index (χ1v) is 10.6. The first-order valence-electron chi connectivity index (χ1n) is 9.60. The van der Waals surface area contributed by atoms with Crippen LogP contribution in [-0.2, 0) is 14.3 Å². The third-order valence-electron chi connectivity index (χ3n) is 4.85. The predicted molar refractivity (Wildman–Crippen MR) is 102 cm³/mol. The van der Waals surface area contributed by atoms with E-state index < -0.39 is 17.9 Å². The molecule has 0 aromatic heterocycles. The summed E-state index contributed by atoms with van der Waals surface area (Å²) in [6.07, 6.45) is 8.78. The highest BCUT2D eigenvalue weighted by Crippen LogP contribution is 2.32. The first-order chi connectivity index (χ1) is 12.4. The lowest BCUT2D eigenvalue weighted by Crippen LogP contribution is -2.56. The summed E-state index contributed by atoms with van der Waals surface area (Å²) < 4.78 is 11.0. The van der Waals surface area contributed by atoms with E-state index in [-0.39, 0.29) is 17.6 Å². The quantitative estimate of drug-likeness (QED) is 0.359. The molecule has 0 saturated carbocycles. The number of hydrogen-bond donors (Lipinski definition) is 2. The minimum Gasteiger partial charge on any atom is -0.459 e. The Labute approximate surface area is 160 Å². The van der Waals surface area contributed by atoms with Crippen LogP contribution in [0.25, 0.3) is 0 Å². The second-order valence-electron chi connectivity index (χ2n) is 7.20. The first kappa shape index (κ1) is 21.3. The van der Waals surface area contributed by atoms with Gasteiger partial charge in [0.2, 0.25) is 0 Å². The Morgan fingerprint density at radius 1 is 1.42 bits per heavy atom. The average molecular weight is 386 g/mol. The number of carbonyl (C=O) groups is 2. The molecule has 3 unspecified atom stereocenters. The summed E-state index contributed by atoms with van der Waals surface area (Å²) in [5, 5.41) is 13.2. The summed E-state index contributed by atoms with van der Waals surface area (Å²) in [7, 11) is 0. The molecule has 0 spiro atoms. The molecule has 2 heterocycles. The van der Waals surface area contributed by atoms with Crippen LogP contribution in [-0.4, -0.2) is 46.6 Å². The largest absolute Gasteiger partial charge is 0.459 e. The van der Waals surface area contributed by atoms with Crippen LogP contribution in [0.1, 0.15) is 65.2 Å². The molecule has 1 amide bonds. The van der Waals surface area contributed by atoms with Crippen LogP contribution < -0.4 is 5.32 Å². The van der Waals surface area contributed by atoms with Crippen molar-refractivity contribution in [3.8, 4) is 0 Å². The Morgan fingerprint density at radius 3 is 2.88 bits per heavy atom. The lowest BCUT2D eigenvalue weighted by atomic mass is 9.96. The Balaban J connectivity index is 1.77. The second kappa shape index (κ2) is 10.3. The molecular formula is C19H31NO5S. The zero-order chi connectivity index (χ0) is 19.0. The standard InChI is InChI=1S/C19H31NO5S/c1-3-4-5-6-7-8-14(2)11-17(21)25-15-9-10-24-19(23,12-15)16-13-26-18(22)20-16/h11,15-16,23H,3-10,12-13H2,1-2H3,(H,20,22)/b14-11-. The number of allylic oxidation sites excluding steroid dienone is 1. The molecule has 7 heteroatoms. The van der Waals surface area contributed by atoms with Crippen molar-refractivity contribution in [3.05, 3.63) is 11.6 Å². The van der Waals surface area contributed by atoms with Crippen LogP contribution in [0.3, 0.4) is 0 Å². The number of amides is 1. The van der Waals surface area contributed by atoms with E-state index in [1.54, 1.807) is 6.08 Å². The molecule has 0 aromatic carbocycles. The molecule has 0 aromatic rings. The molecule has 2 rings (SSSR count). The number of aliphatic hydroxyl groups is 1. The molecule has 0 bridgehead atoms. The SMILES string of the molecule is CCCCCCC/C(C)=C\C(=O)OC1CCOC(O)(C2CSC(=O)N2)C1. The van der Waals surface area contributed by atoms with Gasteiger partial charge >= 0.3 is 5.97 Å². The smallest absolute Gasteiger partial charge is 0.330 e. The molecule has 148 valence electrons. The third kappa shape index (κ3) is 6.59. The van der Waals surface area contributed by atoms with Crippen LogP contribution in [0.2, 0.25) is 0 Å². The second-order valence-corrected chi connectivity index (χ2v) is 8.19. The van der Waals surface area contributed by atoms with Gasteiger partial charge < -0.3 is 19.9 Å². The van der Waals surface area contributed by atoms with Crippen LogP contribution in [0, 0.1) is 0 Å². The molecule has 0 radical (unpaired) electrons. The van der Waals surface area contributed by atoms with Crippen molar-refractivity contribution in [2.45, 2.75) is 83.1 Å². The van der Waals surface area contributed by atoms with Gasteiger partial charge in [0, 0.05) is 24.7 Å². The van der Waals surface area contributed by atoms with Gasteiger partial charge in [0.05, 0.1) is 12.6 Å². The Morgan fingerprint density at radius 2 is 2.19 bits per heavy atom. The summed E-state index contributed by atoms with van der Waals surface area (Å²) in [4.78, 5) is 23.5. The van der Waals surface area contributed by atoms with Crippen molar-refractivity contribution >= 4 is 23.0 Å². The van der Waals surface area contributed by atoms with Crippen LogP contribution >= 0.6 is 11.8 Å². The van der Waals surface area contributed by atoms with Crippen LogP contribution in [0.5, 0.6) is 0 Å². The minimum absolute atomic E-state index is 0.163. The van der Waals surface area contributed by atoms with Crippen molar-refractivity contribution in [1.29, 1.82) is 0 Å². The fourth-order valence-electron chi connectivity index (χ4n) is 3.30. The normalized spacial score (nSPS) is 29.5. The van der Waals surface area contributed by atoms with E-state index in [9.17, 15) is 14.7 Å². The molecular weight excluding hydrogens is 354 g/mol. The van der Waals surface area contributed by atoms with E-state index >= 15 is 0 Å². The molecule has 2 aliphatic heterocycles. The number of hydrogen-bond acceptors (Lipinski definition) is 6. The van der Waals surface area contributed by atoms with Gasteiger partial charge in [-0.2, -0.15) is 0 Å². The van der Waals surface area contributed by atoms with E-state index in [0.29, 0.717) is 18.8 Å². The molecule has 0 aliphatic carbocycles. The number of thioether (sulfide) groups is 1. The zero-order valence-corrected chi connectivity index (χ0v) is 16.6. The van der Waals surface area contributed by atoms with Gasteiger partial charge in [0.15, 0.2) is 5.79 Å². The van der Waals surface area contributed by atoms with Gasteiger partial charge in [-0.25, -0.2) is 4.79 Å². The van der Waals surface area contributed by atoms with Gasteiger partial charge in [0.25, 0.3) is 5.24 Å². The zero-order valence-electron chi connectivity index (χ0n) is 15.8. The summed E-state index contributed by atoms with van der Waals surface area (Å²) >= 11 is 1.13. The lowest BCUT2D eigenvalue weighted by Gasteiger charge is -2.39.